The van der Waals surface area contributed by atoms with Gasteiger partial charge in [0.05, 0.1) is 12.5 Å². The number of hydroxylamine groups is 1. The Balaban J connectivity index is 2.57. The number of rotatable bonds is 4. The van der Waals surface area contributed by atoms with Gasteiger partial charge in [0, 0.05) is 0 Å². The summed E-state index contributed by atoms with van der Waals surface area (Å²) in [5, 5.41) is 0. The molecular weight excluding hydrogens is 178 g/mol. The summed E-state index contributed by atoms with van der Waals surface area (Å²) in [6, 6.07) is 9.61. The van der Waals surface area contributed by atoms with E-state index >= 15 is 0 Å². The summed E-state index contributed by atoms with van der Waals surface area (Å²) in [5.41, 5.74) is 3.38. The van der Waals surface area contributed by atoms with E-state index in [1.165, 1.54) is 0 Å². The van der Waals surface area contributed by atoms with Crippen molar-refractivity contribution in [2.75, 3.05) is 6.61 Å². The van der Waals surface area contributed by atoms with Gasteiger partial charge >= 0.3 is 0 Å². The molecule has 0 bridgehead atoms. The van der Waals surface area contributed by atoms with Crippen LogP contribution >= 0.6 is 0 Å². The first-order valence-electron chi connectivity index (χ1n) is 4.72. The van der Waals surface area contributed by atoms with Crippen LogP contribution in [0.25, 0.3) is 0 Å². The van der Waals surface area contributed by atoms with Crippen molar-refractivity contribution in [1.82, 2.24) is 5.48 Å². The van der Waals surface area contributed by atoms with Crippen molar-refractivity contribution in [3.05, 3.63) is 35.9 Å². The van der Waals surface area contributed by atoms with Crippen LogP contribution in [0.1, 0.15) is 25.3 Å². The highest BCUT2D eigenvalue weighted by Crippen LogP contribution is 2.13. The Bertz CT molecular complexity index is 285. The molecule has 1 atom stereocenters. The number of amides is 1. The van der Waals surface area contributed by atoms with Crippen molar-refractivity contribution in [1.29, 1.82) is 0 Å². The fourth-order valence-electron chi connectivity index (χ4n) is 1.12. The standard InChI is InChI=1S/C11H15NO2/c1-3-14-12-11(13)9(2)10-7-5-4-6-8-10/h4-9H,3H2,1-2H3,(H,12,13). The third kappa shape index (κ3) is 2.85. The maximum absolute atomic E-state index is 11.5. The molecule has 0 heterocycles. The van der Waals surface area contributed by atoms with Crippen LogP contribution in [-0.4, -0.2) is 12.5 Å². The van der Waals surface area contributed by atoms with Crippen LogP contribution in [0.3, 0.4) is 0 Å². The number of hydrogen-bond acceptors (Lipinski definition) is 2. The van der Waals surface area contributed by atoms with E-state index in [1.807, 2.05) is 44.2 Å². The lowest BCUT2D eigenvalue weighted by Crippen LogP contribution is -2.28. The van der Waals surface area contributed by atoms with Crippen LogP contribution in [0.4, 0.5) is 0 Å². The van der Waals surface area contributed by atoms with Gasteiger partial charge in [0.2, 0.25) is 0 Å². The summed E-state index contributed by atoms with van der Waals surface area (Å²) in [6.07, 6.45) is 0. The molecule has 0 aliphatic carbocycles. The maximum Gasteiger partial charge on any atom is 0.250 e. The summed E-state index contributed by atoms with van der Waals surface area (Å²) in [6.45, 7) is 4.16. The lowest BCUT2D eigenvalue weighted by molar-refractivity contribution is -0.134. The molecule has 1 rings (SSSR count). The zero-order valence-electron chi connectivity index (χ0n) is 8.49. The van der Waals surface area contributed by atoms with E-state index in [4.69, 9.17) is 4.84 Å². The first-order valence-corrected chi connectivity index (χ1v) is 4.72. The molecule has 76 valence electrons. The normalized spacial score (nSPS) is 12.1. The Labute approximate surface area is 84.0 Å². The van der Waals surface area contributed by atoms with Gasteiger partial charge in [-0.1, -0.05) is 30.3 Å². The minimum Gasteiger partial charge on any atom is -0.274 e. The molecule has 3 heteroatoms. The van der Waals surface area contributed by atoms with Crippen molar-refractivity contribution in [2.24, 2.45) is 0 Å². The molecule has 1 aromatic rings. The zero-order chi connectivity index (χ0) is 10.4. The fraction of sp³-hybridized carbons (Fsp3) is 0.364. The molecule has 0 saturated carbocycles. The van der Waals surface area contributed by atoms with Crippen molar-refractivity contribution in [3.63, 3.8) is 0 Å². The van der Waals surface area contributed by atoms with E-state index in [-0.39, 0.29) is 11.8 Å². The molecule has 0 spiro atoms. The summed E-state index contributed by atoms with van der Waals surface area (Å²) in [4.78, 5) is 16.3. The summed E-state index contributed by atoms with van der Waals surface area (Å²) < 4.78 is 0. The topological polar surface area (TPSA) is 38.3 Å². The van der Waals surface area contributed by atoms with Gasteiger partial charge < -0.3 is 0 Å². The van der Waals surface area contributed by atoms with Crippen LogP contribution in [0.5, 0.6) is 0 Å². The van der Waals surface area contributed by atoms with Crippen LogP contribution < -0.4 is 5.48 Å². The van der Waals surface area contributed by atoms with Gasteiger partial charge in [0.15, 0.2) is 0 Å². The lowest BCUT2D eigenvalue weighted by atomic mass is 10.0. The summed E-state index contributed by atoms with van der Waals surface area (Å²) in [5.74, 6) is -0.291. The molecule has 1 amide bonds. The van der Waals surface area contributed by atoms with E-state index in [9.17, 15) is 4.79 Å². The second kappa shape index (κ2) is 5.40. The van der Waals surface area contributed by atoms with Crippen molar-refractivity contribution < 1.29 is 9.63 Å². The predicted molar refractivity (Wildman–Crippen MR) is 54.6 cm³/mol. The Hall–Kier alpha value is -1.35. The van der Waals surface area contributed by atoms with Crippen molar-refractivity contribution in [3.8, 4) is 0 Å². The molecule has 0 fully saturated rings. The first kappa shape index (κ1) is 10.7. The molecule has 0 saturated heterocycles. The molecule has 1 aromatic carbocycles. The van der Waals surface area contributed by atoms with Gasteiger partial charge in [-0.05, 0) is 19.4 Å². The Morgan fingerprint density at radius 2 is 2.07 bits per heavy atom. The fourth-order valence-corrected chi connectivity index (χ4v) is 1.12. The Kier molecular flexibility index (Phi) is 4.13. The molecule has 1 unspecified atom stereocenters. The number of hydrogen-bond donors (Lipinski definition) is 1. The maximum atomic E-state index is 11.5. The lowest BCUT2D eigenvalue weighted by Gasteiger charge is -2.11. The zero-order valence-corrected chi connectivity index (χ0v) is 8.49. The number of nitrogens with one attached hydrogen (secondary N) is 1. The second-order valence-corrected chi connectivity index (χ2v) is 3.03. The van der Waals surface area contributed by atoms with E-state index in [1.54, 1.807) is 0 Å². The van der Waals surface area contributed by atoms with Gasteiger partial charge in [-0.15, -0.1) is 0 Å². The molecule has 0 aliphatic heterocycles. The number of carbonyl (C=O) groups is 1. The van der Waals surface area contributed by atoms with Crippen molar-refractivity contribution >= 4 is 5.91 Å². The van der Waals surface area contributed by atoms with Gasteiger partial charge in [0.1, 0.15) is 0 Å². The molecule has 0 aromatic heterocycles. The monoisotopic (exact) mass is 193 g/mol. The minimum atomic E-state index is -0.178. The highest BCUT2D eigenvalue weighted by Gasteiger charge is 2.13. The van der Waals surface area contributed by atoms with Crippen molar-refractivity contribution in [2.45, 2.75) is 19.8 Å². The Morgan fingerprint density at radius 3 is 2.64 bits per heavy atom. The van der Waals surface area contributed by atoms with Gasteiger partial charge in [0.25, 0.3) is 5.91 Å². The van der Waals surface area contributed by atoms with Crippen LogP contribution in [0.2, 0.25) is 0 Å². The smallest absolute Gasteiger partial charge is 0.250 e. The number of benzene rings is 1. The second-order valence-electron chi connectivity index (χ2n) is 3.03. The molecule has 0 aliphatic rings. The summed E-state index contributed by atoms with van der Waals surface area (Å²) >= 11 is 0. The largest absolute Gasteiger partial charge is 0.274 e. The predicted octanol–water partition coefficient (Wildman–Crippen LogP) is 1.86. The van der Waals surface area contributed by atoms with Gasteiger partial charge in [-0.2, -0.15) is 0 Å². The van der Waals surface area contributed by atoms with Crippen LogP contribution in [0.15, 0.2) is 30.3 Å². The third-order valence-corrected chi connectivity index (χ3v) is 2.01. The minimum absolute atomic E-state index is 0.113. The molecule has 14 heavy (non-hydrogen) atoms. The van der Waals surface area contributed by atoms with E-state index in [0.717, 1.165) is 5.56 Å². The van der Waals surface area contributed by atoms with Crippen LogP contribution in [-0.2, 0) is 9.63 Å². The van der Waals surface area contributed by atoms with Crippen LogP contribution in [0, 0.1) is 0 Å². The molecule has 1 N–H and O–H groups in total. The van der Waals surface area contributed by atoms with Gasteiger partial charge in [-0.25, -0.2) is 5.48 Å². The Morgan fingerprint density at radius 1 is 1.43 bits per heavy atom. The average molecular weight is 193 g/mol. The van der Waals surface area contributed by atoms with Gasteiger partial charge in [-0.3, -0.25) is 9.63 Å². The SMILES string of the molecule is CCONC(=O)C(C)c1ccccc1. The first-order chi connectivity index (χ1) is 6.75. The number of carbonyl (C=O) groups excluding carboxylic acids is 1. The molecule has 3 nitrogen and oxygen atoms in total. The van der Waals surface area contributed by atoms with E-state index in [0.29, 0.717) is 6.61 Å². The van der Waals surface area contributed by atoms with E-state index in [2.05, 4.69) is 5.48 Å². The summed E-state index contributed by atoms with van der Waals surface area (Å²) in [7, 11) is 0. The third-order valence-electron chi connectivity index (χ3n) is 2.01. The average Bonchev–Trinajstić information content (AvgIpc) is 2.26. The van der Waals surface area contributed by atoms with E-state index < -0.39 is 0 Å². The molecule has 0 radical (unpaired) electrons. The highest BCUT2D eigenvalue weighted by atomic mass is 16.6. The molecular formula is C11H15NO2. The highest BCUT2D eigenvalue weighted by molar-refractivity contribution is 5.82. The quantitative estimate of drug-likeness (QED) is 0.741.